The van der Waals surface area contributed by atoms with Gasteiger partial charge in [0, 0.05) is 0 Å². The fourth-order valence-corrected chi connectivity index (χ4v) is 1.99. The van der Waals surface area contributed by atoms with Gasteiger partial charge in [-0.25, -0.2) is 13.6 Å². The van der Waals surface area contributed by atoms with Gasteiger partial charge in [-0.15, -0.1) is 0 Å². The van der Waals surface area contributed by atoms with E-state index in [4.69, 9.17) is 15.4 Å². The van der Waals surface area contributed by atoms with Gasteiger partial charge in [0.25, 0.3) is 0 Å². The number of nitrogens with two attached hydrogens (primary N) is 2. The summed E-state index contributed by atoms with van der Waals surface area (Å²) in [6, 6.07) is 4.15. The molecule has 0 spiro atoms. The molecule has 1 aromatic carbocycles. The molecule has 0 aliphatic rings. The van der Waals surface area contributed by atoms with E-state index >= 15 is 0 Å². The zero-order chi connectivity index (χ0) is 14.0. The summed E-state index contributed by atoms with van der Waals surface area (Å²) in [5.74, 6) is 0.890. The van der Waals surface area contributed by atoms with Crippen molar-refractivity contribution in [2.24, 2.45) is 5.14 Å². The van der Waals surface area contributed by atoms with Crippen LogP contribution < -0.4 is 16.2 Å². The van der Waals surface area contributed by atoms with Crippen LogP contribution in [0.5, 0.6) is 0 Å². The first-order valence-electron chi connectivity index (χ1n) is 5.31. The Labute approximate surface area is 109 Å². The zero-order valence-electron chi connectivity index (χ0n) is 10.1. The van der Waals surface area contributed by atoms with Crippen LogP contribution >= 0.6 is 0 Å². The fourth-order valence-electron chi connectivity index (χ4n) is 1.45. The summed E-state index contributed by atoms with van der Waals surface area (Å²) >= 11 is 0. The van der Waals surface area contributed by atoms with Gasteiger partial charge in [0.05, 0.1) is 22.8 Å². The Balaban J connectivity index is 2.20. The number of sulfonamides is 1. The lowest BCUT2D eigenvalue weighted by atomic mass is 10.2. The molecule has 2 rings (SSSR count). The fraction of sp³-hybridized carbons (Fsp3) is 0.200. The van der Waals surface area contributed by atoms with Crippen LogP contribution in [0.3, 0.4) is 0 Å². The van der Waals surface area contributed by atoms with Gasteiger partial charge < -0.3 is 15.6 Å². The van der Waals surface area contributed by atoms with Gasteiger partial charge in [0.2, 0.25) is 15.9 Å². The number of hydrogen-bond acceptors (Lipinski definition) is 7. The minimum atomic E-state index is -3.77. The Morgan fingerprint density at radius 1 is 1.42 bits per heavy atom. The molecule has 0 saturated heterocycles. The molecule has 19 heavy (non-hydrogen) atoms. The van der Waals surface area contributed by atoms with E-state index in [0.29, 0.717) is 23.1 Å². The Kier molecular flexibility index (Phi) is 3.40. The molecule has 2 aromatic rings. The monoisotopic (exact) mass is 283 g/mol. The molecule has 0 fully saturated rings. The molecule has 0 atom stereocenters. The number of rotatable bonds is 4. The van der Waals surface area contributed by atoms with Crippen molar-refractivity contribution in [3.05, 3.63) is 29.9 Å². The number of nitrogen functional groups attached to an aromatic ring is 1. The van der Waals surface area contributed by atoms with Crippen LogP contribution in [0.25, 0.3) is 0 Å². The number of hydrogen-bond donors (Lipinski definition) is 3. The standard InChI is InChI=1S/C10H13N5O3S/c1-6-14-10(18-15-6)5-13-9-4-7(19(12,16)17)2-3-8(9)11/h2-4,13H,5,11H2,1H3,(H2,12,16,17). The Hall–Kier alpha value is -2.13. The SMILES string of the molecule is Cc1noc(CNc2cc(S(N)(=O)=O)ccc2N)n1. The predicted molar refractivity (Wildman–Crippen MR) is 68.6 cm³/mol. The Morgan fingerprint density at radius 2 is 2.16 bits per heavy atom. The third-order valence-electron chi connectivity index (χ3n) is 2.35. The summed E-state index contributed by atoms with van der Waals surface area (Å²) in [5, 5.41) is 11.6. The third kappa shape index (κ3) is 3.20. The van der Waals surface area contributed by atoms with Crippen molar-refractivity contribution in [2.45, 2.75) is 18.4 Å². The van der Waals surface area contributed by atoms with Gasteiger partial charge in [-0.1, -0.05) is 5.16 Å². The minimum absolute atomic E-state index is 0.0223. The molecule has 0 radical (unpaired) electrons. The van der Waals surface area contributed by atoms with Crippen LogP contribution in [0.2, 0.25) is 0 Å². The van der Waals surface area contributed by atoms with Gasteiger partial charge in [0.1, 0.15) is 0 Å². The van der Waals surface area contributed by atoms with Crippen molar-refractivity contribution in [2.75, 3.05) is 11.1 Å². The topological polar surface area (TPSA) is 137 Å². The first-order valence-corrected chi connectivity index (χ1v) is 6.86. The first-order chi connectivity index (χ1) is 8.86. The second-order valence-electron chi connectivity index (χ2n) is 3.88. The molecule has 0 amide bonds. The van der Waals surface area contributed by atoms with Crippen molar-refractivity contribution >= 4 is 21.4 Å². The summed E-state index contributed by atoms with van der Waals surface area (Å²) in [5.41, 5.74) is 6.56. The Morgan fingerprint density at radius 3 is 2.74 bits per heavy atom. The normalized spacial score (nSPS) is 11.5. The van der Waals surface area contributed by atoms with Crippen LogP contribution in [-0.4, -0.2) is 18.6 Å². The predicted octanol–water partition coefficient (Wildman–Crippen LogP) is 0.220. The Bertz CT molecular complexity index is 695. The van der Waals surface area contributed by atoms with E-state index in [9.17, 15) is 8.42 Å². The average molecular weight is 283 g/mol. The summed E-state index contributed by atoms with van der Waals surface area (Å²) in [6.07, 6.45) is 0. The number of nitrogens with one attached hydrogen (secondary N) is 1. The van der Waals surface area contributed by atoms with E-state index < -0.39 is 10.0 Å². The number of aryl methyl sites for hydroxylation is 1. The molecular formula is C10H13N5O3S. The van der Waals surface area contributed by atoms with E-state index in [1.54, 1.807) is 6.92 Å². The molecule has 0 aliphatic carbocycles. The van der Waals surface area contributed by atoms with E-state index in [1.165, 1.54) is 18.2 Å². The molecule has 102 valence electrons. The van der Waals surface area contributed by atoms with Gasteiger partial charge >= 0.3 is 0 Å². The van der Waals surface area contributed by atoms with Gasteiger partial charge in [-0.05, 0) is 25.1 Å². The van der Waals surface area contributed by atoms with Crippen molar-refractivity contribution in [1.29, 1.82) is 0 Å². The molecule has 0 bridgehead atoms. The van der Waals surface area contributed by atoms with Crippen LogP contribution in [0.1, 0.15) is 11.7 Å². The largest absolute Gasteiger partial charge is 0.397 e. The number of aromatic nitrogens is 2. The summed E-state index contributed by atoms with van der Waals surface area (Å²) < 4.78 is 27.4. The van der Waals surface area contributed by atoms with Crippen molar-refractivity contribution in [1.82, 2.24) is 10.1 Å². The lowest BCUT2D eigenvalue weighted by Crippen LogP contribution is -2.13. The molecule has 8 nitrogen and oxygen atoms in total. The van der Waals surface area contributed by atoms with Gasteiger partial charge in [-0.2, -0.15) is 4.98 Å². The maximum atomic E-state index is 11.2. The number of primary sulfonamides is 1. The number of anilines is 2. The molecular weight excluding hydrogens is 270 g/mol. The van der Waals surface area contributed by atoms with E-state index in [1.807, 2.05) is 0 Å². The third-order valence-corrected chi connectivity index (χ3v) is 3.26. The van der Waals surface area contributed by atoms with Crippen LogP contribution in [0.4, 0.5) is 11.4 Å². The van der Waals surface area contributed by atoms with Gasteiger partial charge in [-0.3, -0.25) is 0 Å². The molecule has 0 unspecified atom stereocenters. The molecule has 1 heterocycles. The van der Waals surface area contributed by atoms with Crippen molar-refractivity contribution in [3.63, 3.8) is 0 Å². The maximum Gasteiger partial charge on any atom is 0.245 e. The molecule has 0 aliphatic heterocycles. The highest BCUT2D eigenvalue weighted by Gasteiger charge is 2.11. The highest BCUT2D eigenvalue weighted by atomic mass is 32.2. The second-order valence-corrected chi connectivity index (χ2v) is 5.44. The summed E-state index contributed by atoms with van der Waals surface area (Å²) in [6.45, 7) is 1.93. The highest BCUT2D eigenvalue weighted by molar-refractivity contribution is 7.89. The molecule has 1 aromatic heterocycles. The minimum Gasteiger partial charge on any atom is -0.397 e. The first kappa shape index (κ1) is 13.3. The van der Waals surface area contributed by atoms with E-state index in [-0.39, 0.29) is 11.4 Å². The lowest BCUT2D eigenvalue weighted by molar-refractivity contribution is 0.379. The van der Waals surface area contributed by atoms with Crippen molar-refractivity contribution in [3.8, 4) is 0 Å². The zero-order valence-corrected chi connectivity index (χ0v) is 10.9. The smallest absolute Gasteiger partial charge is 0.245 e. The van der Waals surface area contributed by atoms with Crippen LogP contribution in [-0.2, 0) is 16.6 Å². The number of nitrogens with zero attached hydrogens (tertiary/aromatic N) is 2. The summed E-state index contributed by atoms with van der Waals surface area (Å²) in [7, 11) is -3.77. The van der Waals surface area contributed by atoms with E-state index in [2.05, 4.69) is 15.5 Å². The van der Waals surface area contributed by atoms with E-state index in [0.717, 1.165) is 0 Å². The van der Waals surface area contributed by atoms with Crippen molar-refractivity contribution < 1.29 is 12.9 Å². The number of benzene rings is 1. The average Bonchev–Trinajstić information content (AvgIpc) is 2.72. The maximum absolute atomic E-state index is 11.2. The molecule has 5 N–H and O–H groups in total. The van der Waals surface area contributed by atoms with Gasteiger partial charge in [0.15, 0.2) is 5.82 Å². The highest BCUT2D eigenvalue weighted by Crippen LogP contribution is 2.22. The summed E-state index contributed by atoms with van der Waals surface area (Å²) in [4.78, 5) is 3.98. The molecule has 0 saturated carbocycles. The van der Waals surface area contributed by atoms with Crippen LogP contribution in [0.15, 0.2) is 27.6 Å². The lowest BCUT2D eigenvalue weighted by Gasteiger charge is -2.08. The second kappa shape index (κ2) is 4.86. The quantitative estimate of drug-likeness (QED) is 0.682. The molecule has 9 heteroatoms. The van der Waals surface area contributed by atoms with Crippen LogP contribution in [0, 0.1) is 6.92 Å².